The Hall–Kier alpha value is -2.31. The minimum absolute atomic E-state index is 0.0534. The summed E-state index contributed by atoms with van der Waals surface area (Å²) in [4.78, 5) is 12.9. The summed E-state index contributed by atoms with van der Waals surface area (Å²) in [5.41, 5.74) is 2.76. The molecule has 200 valence electrons. The summed E-state index contributed by atoms with van der Waals surface area (Å²) in [7, 11) is 0. The molecular formula is C25H36N2O8S. The van der Waals surface area contributed by atoms with Crippen LogP contribution in [0.4, 0.5) is 4.79 Å². The van der Waals surface area contributed by atoms with E-state index in [0.717, 1.165) is 21.7 Å². The van der Waals surface area contributed by atoms with Gasteiger partial charge in [0.2, 0.25) is 12.2 Å². The number of aliphatic hydroxyl groups is 3. The first-order chi connectivity index (χ1) is 17.0. The Kier molecular flexibility index (Phi) is 9.65. The third-order valence-electron chi connectivity index (χ3n) is 5.86. The van der Waals surface area contributed by atoms with Crippen LogP contribution >= 0.6 is 11.8 Å². The summed E-state index contributed by atoms with van der Waals surface area (Å²) >= 11 is 1.66. The van der Waals surface area contributed by atoms with Crippen molar-refractivity contribution in [1.82, 2.24) is 9.78 Å². The van der Waals surface area contributed by atoms with Gasteiger partial charge in [0.25, 0.3) is 0 Å². The maximum atomic E-state index is 11.7. The van der Waals surface area contributed by atoms with Crippen LogP contribution in [0.15, 0.2) is 29.2 Å². The summed E-state index contributed by atoms with van der Waals surface area (Å²) < 4.78 is 23.5. The van der Waals surface area contributed by atoms with E-state index in [9.17, 15) is 20.1 Å². The van der Waals surface area contributed by atoms with Crippen LogP contribution in [-0.2, 0) is 20.6 Å². The highest BCUT2D eigenvalue weighted by Crippen LogP contribution is 2.31. The molecule has 1 aliphatic rings. The SMILES string of the molecule is CSc1ccc(Cc2c(O[C@@H]3O[C@H](COC(=O)OC(C)C)[C@@H](O)[C@H](O)[C@H]3O)nn(C(C)C)c2C)cc1. The number of carbonyl (C=O) groups is 1. The van der Waals surface area contributed by atoms with Gasteiger partial charge in [-0.2, -0.15) is 0 Å². The molecule has 0 saturated carbocycles. The molecule has 1 aromatic carbocycles. The molecule has 2 aromatic rings. The Labute approximate surface area is 215 Å². The zero-order chi connectivity index (χ0) is 26.6. The fraction of sp³-hybridized carbons (Fsp3) is 0.600. The molecule has 1 aromatic heterocycles. The third kappa shape index (κ3) is 6.71. The van der Waals surface area contributed by atoms with Crippen molar-refractivity contribution in [2.45, 2.75) is 88.8 Å². The number of hydrogen-bond acceptors (Lipinski definition) is 10. The minimum atomic E-state index is -1.59. The van der Waals surface area contributed by atoms with E-state index >= 15 is 0 Å². The Morgan fingerprint density at radius 2 is 1.78 bits per heavy atom. The number of carbonyl (C=O) groups excluding carboxylic acids is 1. The molecule has 0 amide bonds. The number of hydrogen-bond donors (Lipinski definition) is 3. The van der Waals surface area contributed by atoms with E-state index in [1.807, 2.05) is 56.0 Å². The third-order valence-corrected chi connectivity index (χ3v) is 6.60. The first-order valence-electron chi connectivity index (χ1n) is 11.9. The van der Waals surface area contributed by atoms with Gasteiger partial charge in [-0.3, -0.25) is 4.68 Å². The van der Waals surface area contributed by atoms with Gasteiger partial charge in [-0.15, -0.1) is 16.9 Å². The van der Waals surface area contributed by atoms with Gasteiger partial charge in [0.15, 0.2) is 0 Å². The van der Waals surface area contributed by atoms with Crippen LogP contribution < -0.4 is 4.74 Å². The van der Waals surface area contributed by atoms with E-state index < -0.39 is 43.5 Å². The molecule has 0 spiro atoms. The highest BCUT2D eigenvalue weighted by atomic mass is 32.2. The van der Waals surface area contributed by atoms with Crippen molar-refractivity contribution in [3.63, 3.8) is 0 Å². The summed E-state index contributed by atoms with van der Waals surface area (Å²) in [5, 5.41) is 35.9. The van der Waals surface area contributed by atoms with Crippen LogP contribution in [0.1, 0.15) is 50.6 Å². The first kappa shape index (κ1) is 28.3. The fourth-order valence-corrected chi connectivity index (χ4v) is 4.32. The van der Waals surface area contributed by atoms with Crippen LogP contribution in [-0.4, -0.2) is 80.9 Å². The fourth-order valence-electron chi connectivity index (χ4n) is 3.91. The molecule has 0 unspecified atom stereocenters. The molecule has 5 atom stereocenters. The van der Waals surface area contributed by atoms with Crippen LogP contribution in [0.3, 0.4) is 0 Å². The zero-order valence-corrected chi connectivity index (χ0v) is 22.3. The Morgan fingerprint density at radius 3 is 2.36 bits per heavy atom. The average Bonchev–Trinajstić information content (AvgIpc) is 3.13. The van der Waals surface area contributed by atoms with E-state index in [4.69, 9.17) is 18.9 Å². The number of benzene rings is 1. The molecule has 36 heavy (non-hydrogen) atoms. The van der Waals surface area contributed by atoms with Crippen molar-refractivity contribution in [2.75, 3.05) is 12.9 Å². The second kappa shape index (κ2) is 12.3. The number of ether oxygens (including phenoxy) is 4. The van der Waals surface area contributed by atoms with Gasteiger partial charge in [0, 0.05) is 28.6 Å². The number of aliphatic hydroxyl groups excluding tert-OH is 3. The number of aromatic nitrogens is 2. The van der Waals surface area contributed by atoms with E-state index in [1.54, 1.807) is 25.6 Å². The quantitative estimate of drug-likeness (QED) is 0.332. The molecular weight excluding hydrogens is 488 g/mol. The molecule has 10 nitrogen and oxygen atoms in total. The van der Waals surface area contributed by atoms with Gasteiger partial charge in [-0.25, -0.2) is 4.79 Å². The van der Waals surface area contributed by atoms with Crippen molar-refractivity contribution in [2.24, 2.45) is 0 Å². The number of thioether (sulfide) groups is 1. The second-order valence-corrected chi connectivity index (χ2v) is 10.2. The van der Waals surface area contributed by atoms with Gasteiger partial charge < -0.3 is 34.3 Å². The second-order valence-electron chi connectivity index (χ2n) is 9.29. The zero-order valence-electron chi connectivity index (χ0n) is 21.5. The highest BCUT2D eigenvalue weighted by Gasteiger charge is 2.46. The van der Waals surface area contributed by atoms with Crippen molar-refractivity contribution >= 4 is 17.9 Å². The number of rotatable bonds is 9. The summed E-state index contributed by atoms with van der Waals surface area (Å²) in [6.45, 7) is 8.88. The van der Waals surface area contributed by atoms with Crippen LogP contribution in [0.2, 0.25) is 0 Å². The van der Waals surface area contributed by atoms with Gasteiger partial charge in [-0.1, -0.05) is 12.1 Å². The first-order valence-corrected chi connectivity index (χ1v) is 13.1. The molecule has 2 heterocycles. The van der Waals surface area contributed by atoms with Gasteiger partial charge in [0.05, 0.1) is 6.10 Å². The summed E-state index contributed by atoms with van der Waals surface area (Å²) in [6.07, 6.45) is -5.92. The van der Waals surface area contributed by atoms with E-state index in [1.165, 1.54) is 0 Å². The molecule has 1 fully saturated rings. The van der Waals surface area contributed by atoms with Crippen LogP contribution in [0.25, 0.3) is 0 Å². The van der Waals surface area contributed by atoms with Crippen LogP contribution in [0, 0.1) is 6.92 Å². The molecule has 1 aliphatic heterocycles. The van der Waals surface area contributed by atoms with Gasteiger partial charge >= 0.3 is 6.16 Å². The van der Waals surface area contributed by atoms with Gasteiger partial charge in [-0.05, 0) is 58.6 Å². The molecule has 3 rings (SSSR count). The smallest absolute Gasteiger partial charge is 0.443 e. The van der Waals surface area contributed by atoms with E-state index in [2.05, 4.69) is 5.10 Å². The lowest BCUT2D eigenvalue weighted by molar-refractivity contribution is -0.278. The van der Waals surface area contributed by atoms with Crippen molar-refractivity contribution in [1.29, 1.82) is 0 Å². The minimum Gasteiger partial charge on any atom is -0.443 e. The monoisotopic (exact) mass is 524 g/mol. The highest BCUT2D eigenvalue weighted by molar-refractivity contribution is 7.98. The van der Waals surface area contributed by atoms with E-state index in [-0.39, 0.29) is 18.0 Å². The standard InChI is InChI=1S/C25H36N2O8S/c1-13(2)27-15(5)18(11-16-7-9-17(36-6)10-8-16)23(26-27)35-24-22(30)21(29)20(28)19(34-24)12-32-25(31)33-14(3)4/h7-10,13-14,19-22,24,28-30H,11-12H2,1-6H3/t19-,20-,21+,22-,24+/m1/s1. The molecule has 11 heteroatoms. The normalized spacial score (nSPS) is 24.2. The van der Waals surface area contributed by atoms with Gasteiger partial charge in [0.1, 0.15) is 31.0 Å². The number of nitrogens with zero attached hydrogens (tertiary/aromatic N) is 2. The lowest BCUT2D eigenvalue weighted by atomic mass is 9.99. The topological polar surface area (TPSA) is 133 Å². The summed E-state index contributed by atoms with van der Waals surface area (Å²) in [5.74, 6) is 0.252. The molecule has 1 saturated heterocycles. The van der Waals surface area contributed by atoms with Crippen molar-refractivity contribution in [3.05, 3.63) is 41.1 Å². The lowest BCUT2D eigenvalue weighted by Crippen LogP contribution is -2.60. The molecule has 3 N–H and O–H groups in total. The largest absolute Gasteiger partial charge is 0.508 e. The van der Waals surface area contributed by atoms with Crippen LogP contribution in [0.5, 0.6) is 5.88 Å². The Bertz CT molecular complexity index is 1010. The lowest BCUT2D eigenvalue weighted by Gasteiger charge is -2.39. The molecule has 0 aliphatic carbocycles. The van der Waals surface area contributed by atoms with Crippen molar-refractivity contribution < 1.29 is 39.1 Å². The average molecular weight is 525 g/mol. The predicted molar refractivity (Wildman–Crippen MR) is 133 cm³/mol. The Morgan fingerprint density at radius 1 is 1.11 bits per heavy atom. The predicted octanol–water partition coefficient (Wildman–Crippen LogP) is 2.83. The summed E-state index contributed by atoms with van der Waals surface area (Å²) in [6, 6.07) is 8.22. The maximum Gasteiger partial charge on any atom is 0.508 e. The van der Waals surface area contributed by atoms with Crippen molar-refractivity contribution in [3.8, 4) is 5.88 Å². The Balaban J connectivity index is 1.81. The molecule has 0 radical (unpaired) electrons. The maximum absolute atomic E-state index is 11.7. The van der Waals surface area contributed by atoms with E-state index in [0.29, 0.717) is 6.42 Å². The molecule has 0 bridgehead atoms.